The molecule has 0 amide bonds. The molecule has 4 nitrogen and oxygen atoms in total. The Balaban J connectivity index is 0.00000112. The van der Waals surface area contributed by atoms with Crippen LogP contribution in [0.1, 0.15) is 11.4 Å². The molecule has 0 aromatic carbocycles. The predicted molar refractivity (Wildman–Crippen MR) is 61.8 cm³/mol. The van der Waals surface area contributed by atoms with Crippen molar-refractivity contribution in [3.05, 3.63) is 35.8 Å². The van der Waals surface area contributed by atoms with E-state index < -0.39 is 0 Å². The Morgan fingerprint density at radius 2 is 2.27 bits per heavy atom. The number of nitrogens with zero attached hydrogens (tertiary/aromatic N) is 3. The molecule has 2 rings (SSSR count). The maximum absolute atomic E-state index is 4.65. The maximum Gasteiger partial charge on any atom is 0.137 e. The summed E-state index contributed by atoms with van der Waals surface area (Å²) < 4.78 is 1.97. The summed E-state index contributed by atoms with van der Waals surface area (Å²) in [7, 11) is 1.52. The van der Waals surface area contributed by atoms with E-state index >= 15 is 0 Å². The first-order valence-corrected chi connectivity index (χ1v) is 4.33. The Bertz CT molecular complexity index is 478. The number of imidazole rings is 1. The van der Waals surface area contributed by atoms with Crippen molar-refractivity contribution in [2.24, 2.45) is 5.16 Å². The number of hydrogen-bond acceptors (Lipinski definition) is 3. The SMILES string of the molecule is CON=Cc1c(C)nc2ccccn12.Cl. The monoisotopic (exact) mass is 225 g/mol. The lowest BCUT2D eigenvalue weighted by molar-refractivity contribution is 0.215. The minimum Gasteiger partial charge on any atom is -0.399 e. The third-order valence-electron chi connectivity index (χ3n) is 2.03. The van der Waals surface area contributed by atoms with Gasteiger partial charge in [-0.05, 0) is 19.1 Å². The van der Waals surface area contributed by atoms with Crippen molar-refractivity contribution in [2.45, 2.75) is 6.92 Å². The number of aromatic nitrogens is 2. The molecule has 0 unspecified atom stereocenters. The first kappa shape index (κ1) is 11.5. The van der Waals surface area contributed by atoms with E-state index in [-0.39, 0.29) is 12.4 Å². The van der Waals surface area contributed by atoms with E-state index in [9.17, 15) is 0 Å². The van der Waals surface area contributed by atoms with Gasteiger partial charge in [-0.1, -0.05) is 11.2 Å². The van der Waals surface area contributed by atoms with E-state index in [1.807, 2.05) is 35.7 Å². The van der Waals surface area contributed by atoms with E-state index in [0.29, 0.717) is 0 Å². The number of hydrogen-bond donors (Lipinski definition) is 0. The maximum atomic E-state index is 4.65. The van der Waals surface area contributed by atoms with Crippen LogP contribution in [0.4, 0.5) is 0 Å². The normalized spacial score (nSPS) is 10.5. The number of oxime groups is 1. The Morgan fingerprint density at radius 1 is 1.47 bits per heavy atom. The van der Waals surface area contributed by atoms with Gasteiger partial charge in [0.15, 0.2) is 0 Å². The van der Waals surface area contributed by atoms with Crippen LogP contribution >= 0.6 is 12.4 Å². The van der Waals surface area contributed by atoms with E-state index in [1.54, 1.807) is 6.21 Å². The first-order chi connectivity index (χ1) is 6.83. The van der Waals surface area contributed by atoms with Gasteiger partial charge in [-0.2, -0.15) is 0 Å². The molecular weight excluding hydrogens is 214 g/mol. The fourth-order valence-corrected chi connectivity index (χ4v) is 1.39. The number of rotatable bonds is 2. The lowest BCUT2D eigenvalue weighted by atomic mass is 10.4. The molecule has 2 heterocycles. The predicted octanol–water partition coefficient (Wildman–Crippen LogP) is 2.04. The summed E-state index contributed by atoms with van der Waals surface area (Å²) in [5.41, 5.74) is 2.81. The zero-order valence-corrected chi connectivity index (χ0v) is 9.36. The number of aryl methyl sites for hydroxylation is 1. The standard InChI is InChI=1S/C10H11N3O.ClH/c1-8-9(7-11-14-2)13-6-4-3-5-10(13)12-8;/h3-7H,1-2H3;1H. The molecule has 2 aromatic rings. The summed E-state index contributed by atoms with van der Waals surface area (Å²) in [5.74, 6) is 0. The highest BCUT2D eigenvalue weighted by Gasteiger charge is 2.04. The van der Waals surface area contributed by atoms with Crippen molar-refractivity contribution >= 4 is 24.3 Å². The molecule has 0 radical (unpaired) electrons. The van der Waals surface area contributed by atoms with Crippen molar-refractivity contribution in [3.63, 3.8) is 0 Å². The van der Waals surface area contributed by atoms with Crippen LogP contribution in [0.25, 0.3) is 5.65 Å². The van der Waals surface area contributed by atoms with Gasteiger partial charge in [0.2, 0.25) is 0 Å². The summed E-state index contributed by atoms with van der Waals surface area (Å²) in [6, 6.07) is 5.87. The summed E-state index contributed by atoms with van der Waals surface area (Å²) in [6.07, 6.45) is 3.61. The van der Waals surface area contributed by atoms with Crippen molar-refractivity contribution in [1.29, 1.82) is 0 Å². The average Bonchev–Trinajstić information content (AvgIpc) is 2.51. The Morgan fingerprint density at radius 3 is 3.00 bits per heavy atom. The third kappa shape index (κ3) is 2.10. The number of fused-ring (bicyclic) bond motifs is 1. The van der Waals surface area contributed by atoms with Gasteiger partial charge in [0, 0.05) is 6.20 Å². The third-order valence-corrected chi connectivity index (χ3v) is 2.03. The minimum atomic E-state index is 0. The molecule has 0 aliphatic heterocycles. The minimum absolute atomic E-state index is 0. The van der Waals surface area contributed by atoms with Gasteiger partial charge in [-0.25, -0.2) is 4.98 Å². The molecule has 0 fully saturated rings. The second-order valence-electron chi connectivity index (χ2n) is 2.93. The van der Waals surface area contributed by atoms with Crippen molar-refractivity contribution in [3.8, 4) is 0 Å². The van der Waals surface area contributed by atoms with Crippen LogP contribution in [0, 0.1) is 6.92 Å². The fraction of sp³-hybridized carbons (Fsp3) is 0.200. The van der Waals surface area contributed by atoms with Gasteiger partial charge < -0.3 is 4.84 Å². The van der Waals surface area contributed by atoms with E-state index in [1.165, 1.54) is 7.11 Å². The molecular formula is C10H12ClN3O. The van der Waals surface area contributed by atoms with Crippen LogP contribution in [0.5, 0.6) is 0 Å². The van der Waals surface area contributed by atoms with Gasteiger partial charge >= 0.3 is 0 Å². The van der Waals surface area contributed by atoms with Crippen molar-refractivity contribution < 1.29 is 4.84 Å². The summed E-state index contributed by atoms with van der Waals surface area (Å²) in [4.78, 5) is 9.03. The lowest BCUT2D eigenvalue weighted by Gasteiger charge is -1.94. The van der Waals surface area contributed by atoms with Gasteiger partial charge in [-0.15, -0.1) is 12.4 Å². The summed E-state index contributed by atoms with van der Waals surface area (Å²) >= 11 is 0. The van der Waals surface area contributed by atoms with Crippen LogP contribution in [0.2, 0.25) is 0 Å². The van der Waals surface area contributed by atoms with Crippen LogP contribution in [-0.2, 0) is 4.84 Å². The highest BCUT2D eigenvalue weighted by molar-refractivity contribution is 5.85. The molecule has 0 saturated carbocycles. The van der Waals surface area contributed by atoms with Gasteiger partial charge in [-0.3, -0.25) is 4.40 Å². The molecule has 15 heavy (non-hydrogen) atoms. The van der Waals surface area contributed by atoms with Crippen LogP contribution in [0.3, 0.4) is 0 Å². The zero-order chi connectivity index (χ0) is 9.97. The molecule has 0 aliphatic rings. The number of pyridine rings is 1. The van der Waals surface area contributed by atoms with E-state index in [4.69, 9.17) is 0 Å². The Hall–Kier alpha value is -1.55. The second-order valence-corrected chi connectivity index (χ2v) is 2.93. The van der Waals surface area contributed by atoms with Crippen molar-refractivity contribution in [1.82, 2.24) is 9.38 Å². The molecule has 0 atom stereocenters. The average molecular weight is 226 g/mol. The molecule has 0 bridgehead atoms. The Labute approximate surface area is 94.0 Å². The summed E-state index contributed by atoms with van der Waals surface area (Å²) in [5, 5.41) is 3.74. The smallest absolute Gasteiger partial charge is 0.137 e. The molecule has 0 aliphatic carbocycles. The fourth-order valence-electron chi connectivity index (χ4n) is 1.39. The molecule has 80 valence electrons. The van der Waals surface area contributed by atoms with E-state index in [0.717, 1.165) is 17.0 Å². The van der Waals surface area contributed by atoms with Crippen LogP contribution in [-0.4, -0.2) is 22.7 Å². The van der Waals surface area contributed by atoms with Crippen molar-refractivity contribution in [2.75, 3.05) is 7.11 Å². The molecule has 0 spiro atoms. The largest absolute Gasteiger partial charge is 0.399 e. The first-order valence-electron chi connectivity index (χ1n) is 4.33. The van der Waals surface area contributed by atoms with E-state index in [2.05, 4.69) is 15.0 Å². The molecule has 0 saturated heterocycles. The zero-order valence-electron chi connectivity index (χ0n) is 8.54. The Kier molecular flexibility index (Phi) is 3.68. The van der Waals surface area contributed by atoms with Gasteiger partial charge in [0.25, 0.3) is 0 Å². The van der Waals surface area contributed by atoms with Gasteiger partial charge in [0.05, 0.1) is 17.6 Å². The van der Waals surface area contributed by atoms with Crippen LogP contribution < -0.4 is 0 Å². The summed E-state index contributed by atoms with van der Waals surface area (Å²) in [6.45, 7) is 1.95. The molecule has 2 aromatic heterocycles. The molecule has 5 heteroatoms. The second kappa shape index (κ2) is 4.79. The molecule has 0 N–H and O–H groups in total. The van der Waals surface area contributed by atoms with Crippen LogP contribution in [0.15, 0.2) is 29.6 Å². The highest BCUT2D eigenvalue weighted by Crippen LogP contribution is 2.09. The topological polar surface area (TPSA) is 38.9 Å². The quantitative estimate of drug-likeness (QED) is 0.580. The number of halogens is 1. The van der Waals surface area contributed by atoms with Gasteiger partial charge in [0.1, 0.15) is 12.8 Å². The lowest BCUT2D eigenvalue weighted by Crippen LogP contribution is -1.92. The highest BCUT2D eigenvalue weighted by atomic mass is 35.5.